The van der Waals surface area contributed by atoms with Crippen LogP contribution in [0.15, 0.2) is 78.9 Å². The van der Waals surface area contributed by atoms with Crippen molar-refractivity contribution in [2.75, 3.05) is 30.3 Å². The van der Waals surface area contributed by atoms with Crippen LogP contribution in [0.3, 0.4) is 0 Å². The van der Waals surface area contributed by atoms with Crippen LogP contribution in [0.5, 0.6) is 17.2 Å². The summed E-state index contributed by atoms with van der Waals surface area (Å²) >= 11 is 0. The Morgan fingerprint density at radius 3 is 2.29 bits per heavy atom. The van der Waals surface area contributed by atoms with Crippen LogP contribution in [0.1, 0.15) is 25.3 Å². The molecule has 0 saturated carbocycles. The van der Waals surface area contributed by atoms with Gasteiger partial charge in [0, 0.05) is 13.0 Å². The third-order valence-corrected chi connectivity index (χ3v) is 6.47. The van der Waals surface area contributed by atoms with E-state index in [9.17, 15) is 13.2 Å². The van der Waals surface area contributed by atoms with Crippen molar-refractivity contribution in [1.82, 2.24) is 5.32 Å². The number of nitrogens with zero attached hydrogens (tertiary/aromatic N) is 1. The van der Waals surface area contributed by atoms with E-state index in [1.807, 2.05) is 42.5 Å². The standard InChI is InChI=1S/C27H32N2O5S/c1-3-22-15-17-23(18-16-22)33-21-19-28-27(30)14-9-20-29(35(2,31)32)25-12-7-8-13-26(25)34-24-10-5-4-6-11-24/h4-8,10-13,15-18H,3,9,14,19-21H2,1-2H3,(H,28,30). The second-order valence-corrected chi connectivity index (χ2v) is 9.92. The van der Waals surface area contributed by atoms with E-state index >= 15 is 0 Å². The molecular weight excluding hydrogens is 464 g/mol. The Labute approximate surface area is 207 Å². The molecule has 35 heavy (non-hydrogen) atoms. The molecule has 0 aliphatic rings. The normalized spacial score (nSPS) is 11.0. The summed E-state index contributed by atoms with van der Waals surface area (Å²) in [5.41, 5.74) is 1.67. The molecule has 0 heterocycles. The molecule has 0 fully saturated rings. The Kier molecular flexibility index (Phi) is 9.55. The maximum Gasteiger partial charge on any atom is 0.232 e. The van der Waals surface area contributed by atoms with Crippen molar-refractivity contribution in [2.24, 2.45) is 0 Å². The fourth-order valence-electron chi connectivity index (χ4n) is 3.48. The van der Waals surface area contributed by atoms with Gasteiger partial charge in [0.1, 0.15) is 18.1 Å². The largest absolute Gasteiger partial charge is 0.492 e. The first-order valence-corrected chi connectivity index (χ1v) is 13.5. The second-order valence-electron chi connectivity index (χ2n) is 8.02. The molecule has 7 nitrogen and oxygen atoms in total. The van der Waals surface area contributed by atoms with Crippen LogP contribution >= 0.6 is 0 Å². The quantitative estimate of drug-likeness (QED) is 0.344. The van der Waals surface area contributed by atoms with E-state index in [1.54, 1.807) is 36.4 Å². The molecule has 0 bridgehead atoms. The predicted octanol–water partition coefficient (Wildman–Crippen LogP) is 4.78. The van der Waals surface area contributed by atoms with Gasteiger partial charge in [-0.15, -0.1) is 0 Å². The maximum absolute atomic E-state index is 12.6. The molecule has 0 unspecified atom stereocenters. The number of rotatable bonds is 13. The molecule has 0 radical (unpaired) electrons. The zero-order valence-electron chi connectivity index (χ0n) is 20.1. The first kappa shape index (κ1) is 26.1. The number of hydrogen-bond acceptors (Lipinski definition) is 5. The zero-order chi connectivity index (χ0) is 25.1. The van der Waals surface area contributed by atoms with Gasteiger partial charge in [-0.05, 0) is 54.8 Å². The number of carbonyl (C=O) groups excluding carboxylic acids is 1. The SMILES string of the molecule is CCc1ccc(OCCNC(=O)CCCN(c2ccccc2Oc2ccccc2)S(C)(=O)=O)cc1. The van der Waals surface area contributed by atoms with Crippen LogP contribution < -0.4 is 19.1 Å². The van der Waals surface area contributed by atoms with Crippen molar-refractivity contribution in [1.29, 1.82) is 0 Å². The number of benzene rings is 3. The van der Waals surface area contributed by atoms with Gasteiger partial charge in [-0.2, -0.15) is 0 Å². The Balaban J connectivity index is 1.50. The minimum atomic E-state index is -3.59. The molecule has 3 aromatic carbocycles. The number of para-hydroxylation sites is 3. The average Bonchev–Trinajstić information content (AvgIpc) is 2.85. The molecule has 1 N–H and O–H groups in total. The van der Waals surface area contributed by atoms with Gasteiger partial charge in [0.25, 0.3) is 0 Å². The summed E-state index contributed by atoms with van der Waals surface area (Å²) in [6.07, 6.45) is 2.67. The van der Waals surface area contributed by atoms with Crippen molar-refractivity contribution in [3.63, 3.8) is 0 Å². The third kappa shape index (κ3) is 8.33. The van der Waals surface area contributed by atoms with Crippen molar-refractivity contribution < 1.29 is 22.7 Å². The highest BCUT2D eigenvalue weighted by Gasteiger charge is 2.21. The number of aryl methyl sites for hydroxylation is 1. The smallest absolute Gasteiger partial charge is 0.232 e. The summed E-state index contributed by atoms with van der Waals surface area (Å²) in [6.45, 7) is 2.98. The second kappa shape index (κ2) is 12.8. The summed E-state index contributed by atoms with van der Waals surface area (Å²) in [6, 6.07) is 24.0. The lowest BCUT2D eigenvalue weighted by atomic mass is 10.2. The van der Waals surface area contributed by atoms with Gasteiger partial charge in [0.05, 0.1) is 18.5 Å². The molecule has 3 aromatic rings. The third-order valence-electron chi connectivity index (χ3n) is 5.29. The summed E-state index contributed by atoms with van der Waals surface area (Å²) < 4.78 is 38.0. The van der Waals surface area contributed by atoms with E-state index in [2.05, 4.69) is 12.2 Å². The summed E-state index contributed by atoms with van der Waals surface area (Å²) in [4.78, 5) is 12.3. The summed E-state index contributed by atoms with van der Waals surface area (Å²) in [5.74, 6) is 1.64. The first-order valence-electron chi connectivity index (χ1n) is 11.6. The van der Waals surface area contributed by atoms with E-state index < -0.39 is 10.0 Å². The molecule has 1 amide bonds. The lowest BCUT2D eigenvalue weighted by Crippen LogP contribution is -2.33. The molecule has 0 aliphatic carbocycles. The molecule has 0 aliphatic heterocycles. The van der Waals surface area contributed by atoms with Gasteiger partial charge in [0.15, 0.2) is 5.75 Å². The van der Waals surface area contributed by atoms with Gasteiger partial charge in [-0.1, -0.05) is 49.4 Å². The average molecular weight is 497 g/mol. The Morgan fingerprint density at radius 2 is 1.60 bits per heavy atom. The number of amides is 1. The molecule has 0 saturated heterocycles. The van der Waals surface area contributed by atoms with Crippen LogP contribution in [-0.4, -0.2) is 40.3 Å². The van der Waals surface area contributed by atoms with Gasteiger partial charge in [-0.3, -0.25) is 9.10 Å². The lowest BCUT2D eigenvalue weighted by molar-refractivity contribution is -0.121. The number of sulfonamides is 1. The Hall–Kier alpha value is -3.52. The van der Waals surface area contributed by atoms with Crippen molar-refractivity contribution in [3.8, 4) is 17.2 Å². The molecular formula is C27H32N2O5S. The molecule has 0 atom stereocenters. The highest BCUT2D eigenvalue weighted by molar-refractivity contribution is 7.92. The van der Waals surface area contributed by atoms with E-state index in [4.69, 9.17) is 9.47 Å². The van der Waals surface area contributed by atoms with Gasteiger partial charge in [0.2, 0.25) is 15.9 Å². The number of anilines is 1. The van der Waals surface area contributed by atoms with E-state index in [0.29, 0.717) is 36.8 Å². The predicted molar refractivity (Wildman–Crippen MR) is 139 cm³/mol. The van der Waals surface area contributed by atoms with E-state index in [-0.39, 0.29) is 18.9 Å². The monoisotopic (exact) mass is 496 g/mol. The Morgan fingerprint density at radius 1 is 0.914 bits per heavy atom. The minimum Gasteiger partial charge on any atom is -0.492 e. The van der Waals surface area contributed by atoms with Crippen molar-refractivity contribution in [2.45, 2.75) is 26.2 Å². The maximum atomic E-state index is 12.6. The van der Waals surface area contributed by atoms with Crippen LogP contribution in [0.25, 0.3) is 0 Å². The van der Waals surface area contributed by atoms with Crippen LogP contribution in [0.4, 0.5) is 5.69 Å². The lowest BCUT2D eigenvalue weighted by Gasteiger charge is -2.24. The van der Waals surface area contributed by atoms with Crippen molar-refractivity contribution >= 4 is 21.6 Å². The fraction of sp³-hybridized carbons (Fsp3) is 0.296. The summed E-state index contributed by atoms with van der Waals surface area (Å²) in [5, 5.41) is 2.82. The first-order chi connectivity index (χ1) is 16.9. The molecule has 0 spiro atoms. The molecule has 0 aromatic heterocycles. The van der Waals surface area contributed by atoms with Crippen LogP contribution in [-0.2, 0) is 21.2 Å². The van der Waals surface area contributed by atoms with Crippen LogP contribution in [0, 0.1) is 0 Å². The van der Waals surface area contributed by atoms with Gasteiger partial charge < -0.3 is 14.8 Å². The summed E-state index contributed by atoms with van der Waals surface area (Å²) in [7, 11) is -3.59. The number of ether oxygens (including phenoxy) is 2. The number of nitrogens with one attached hydrogen (secondary N) is 1. The van der Waals surface area contributed by atoms with Crippen molar-refractivity contribution in [3.05, 3.63) is 84.4 Å². The highest BCUT2D eigenvalue weighted by atomic mass is 32.2. The zero-order valence-corrected chi connectivity index (χ0v) is 21.0. The van der Waals surface area contributed by atoms with Gasteiger partial charge >= 0.3 is 0 Å². The molecule has 8 heteroatoms. The van der Waals surface area contributed by atoms with Gasteiger partial charge in [-0.25, -0.2) is 8.42 Å². The molecule has 3 rings (SSSR count). The topological polar surface area (TPSA) is 84.9 Å². The minimum absolute atomic E-state index is 0.154. The van der Waals surface area contributed by atoms with E-state index in [0.717, 1.165) is 18.4 Å². The fourth-order valence-corrected chi connectivity index (χ4v) is 4.45. The van der Waals surface area contributed by atoms with E-state index in [1.165, 1.54) is 9.87 Å². The molecule has 186 valence electrons. The van der Waals surface area contributed by atoms with Crippen LogP contribution in [0.2, 0.25) is 0 Å². The number of carbonyl (C=O) groups is 1. The highest BCUT2D eigenvalue weighted by Crippen LogP contribution is 2.33. The number of hydrogen-bond donors (Lipinski definition) is 1. The Bertz CT molecular complexity index is 1180.